The zero-order chi connectivity index (χ0) is 85.1. The van der Waals surface area contributed by atoms with Crippen LogP contribution in [-0.2, 0) is 43.3 Å². The van der Waals surface area contributed by atoms with E-state index < -0.39 is 37.3 Å². The summed E-state index contributed by atoms with van der Waals surface area (Å²) in [5.74, 6) is 3.68. The van der Waals surface area contributed by atoms with Crippen LogP contribution in [0.3, 0.4) is 0 Å². The van der Waals surface area contributed by atoms with Crippen LogP contribution in [0.2, 0.25) is 0 Å². The van der Waals surface area contributed by atoms with Gasteiger partial charge in [-0.1, -0.05) is 72.8 Å². The van der Waals surface area contributed by atoms with E-state index in [0.29, 0.717) is 11.3 Å². The summed E-state index contributed by atoms with van der Waals surface area (Å²) < 4.78 is 96.7. The van der Waals surface area contributed by atoms with Crippen LogP contribution in [-0.4, -0.2) is 73.8 Å². The number of para-hydroxylation sites is 8. The highest BCUT2D eigenvalue weighted by molar-refractivity contribution is 6.06. The fourth-order valence-electron chi connectivity index (χ4n) is 20.5. The highest BCUT2D eigenvalue weighted by atomic mass is 15.4. The summed E-state index contributed by atoms with van der Waals surface area (Å²) in [4.78, 5) is 23.8. The van der Waals surface area contributed by atoms with Gasteiger partial charge in [-0.2, -0.15) is 4.57 Å². The van der Waals surface area contributed by atoms with Crippen molar-refractivity contribution in [3.8, 4) is 33.8 Å². The molecule has 0 aliphatic carbocycles. The van der Waals surface area contributed by atoms with Crippen LogP contribution in [0.5, 0.6) is 0 Å². The Morgan fingerprint density at radius 3 is 1.27 bits per heavy atom. The molecule has 19 aromatic rings. The van der Waals surface area contributed by atoms with E-state index >= 15 is 0 Å². The first kappa shape index (κ1) is 58.6. The Labute approximate surface area is 662 Å². The van der Waals surface area contributed by atoms with Gasteiger partial charge in [0.05, 0.1) is 155 Å². The zero-order valence-corrected chi connectivity index (χ0v) is 66.5. The second kappa shape index (κ2) is 22.5. The van der Waals surface area contributed by atoms with Gasteiger partial charge in [-0.25, -0.2) is 29.1 Å². The molecule has 0 bridgehead atoms. The van der Waals surface area contributed by atoms with Gasteiger partial charge in [0.15, 0.2) is 18.1 Å². The molecule has 0 saturated heterocycles. The average Bonchev–Trinajstić information content (AvgIpc) is 1.55. The Hall–Kier alpha value is -12.4. The predicted octanol–water partition coefficient (Wildman–Crippen LogP) is 18.7. The van der Waals surface area contributed by atoms with E-state index in [1.165, 1.54) is 55.0 Å². The van der Waals surface area contributed by atoms with Gasteiger partial charge in [0, 0.05) is 49.6 Å². The molecule has 11 aromatic heterocycles. The van der Waals surface area contributed by atoms with Crippen LogP contribution >= 0.6 is 0 Å². The third-order valence-corrected chi connectivity index (χ3v) is 25.8. The molecule has 24 rings (SSSR count). The molecular formula is C95H94N17+3. The van der Waals surface area contributed by atoms with E-state index in [4.69, 9.17) is 32.3 Å². The van der Waals surface area contributed by atoms with Gasteiger partial charge in [0.2, 0.25) is 40.2 Å². The van der Waals surface area contributed by atoms with Gasteiger partial charge in [-0.15, -0.1) is 0 Å². The molecule has 556 valence electrons. The molecule has 17 nitrogen and oxygen atoms in total. The highest BCUT2D eigenvalue weighted by Gasteiger charge is 2.49. The monoisotopic (exact) mass is 1480 g/mol. The third kappa shape index (κ3) is 8.44. The van der Waals surface area contributed by atoms with Gasteiger partial charge in [0.1, 0.15) is 27.3 Å². The van der Waals surface area contributed by atoms with E-state index in [9.17, 15) is 0 Å². The Morgan fingerprint density at radius 2 is 0.804 bits per heavy atom. The number of imidazole rings is 8. The van der Waals surface area contributed by atoms with E-state index in [0.717, 1.165) is 157 Å². The second-order valence-corrected chi connectivity index (χ2v) is 33.8. The lowest BCUT2D eigenvalue weighted by molar-refractivity contribution is -0.667. The number of rotatable bonds is 0. The van der Waals surface area contributed by atoms with Crippen molar-refractivity contribution < 1.29 is 26.0 Å². The quantitative estimate of drug-likeness (QED) is 0.140. The lowest BCUT2D eigenvalue weighted by Gasteiger charge is -2.43. The maximum atomic E-state index is 8.03. The minimum absolute atomic E-state index is 0.214. The second-order valence-electron chi connectivity index (χ2n) is 33.8. The molecule has 112 heavy (non-hydrogen) atoms. The number of allylic oxidation sites excluding steroid dienone is 1. The average molecular weight is 1480 g/mol. The lowest BCUT2D eigenvalue weighted by atomic mass is 9.81. The minimum Gasteiger partial charge on any atom is -0.359 e. The van der Waals surface area contributed by atoms with Gasteiger partial charge in [-0.05, 0) is 223 Å². The standard InChI is InChI=1S/C25H25N4.2C24H23N4.C22H23N5/c1-14-11-12-19-22-20(14)23-21(16(3)15(2)13-27(23)6)25(4,5)29(22)24-26-17-9-7-8-10-18(17)28(19)24;1-14-10-13-19-22-20(14)21-16(12-11-15(2)26(21)5)24(3,4)28(22)23-25-17-8-6-7-9-18(17)27(19)23;1-14-12-16-21(26(5)13-14)20-15(2)10-11-19-22(20)28(24(16,3)4)23-25-17-8-6-7-9-18(17)27(19)23;1-13-10-11-17-20-19(13)25-14(2)24(5)12-18(25)22(3,4)27(20)21-23-15-8-6-7-9-16(15)26(17)21/h7-13H,1-6H3;2*6-13H,1-5H3;6-12,14H,1-5H3/q3*+1;/t;;;14-/m...0/s1/i;2D3;1D3;5D3. The highest BCUT2D eigenvalue weighted by Crippen LogP contribution is 2.54. The molecule has 5 aliphatic rings. The maximum Gasteiger partial charge on any atom is 0.220 e. The number of pyridine rings is 3. The molecule has 0 spiro atoms. The van der Waals surface area contributed by atoms with E-state index in [-0.39, 0.29) is 11.7 Å². The van der Waals surface area contributed by atoms with Crippen molar-refractivity contribution in [1.82, 2.24) is 60.7 Å². The maximum absolute atomic E-state index is 8.03. The van der Waals surface area contributed by atoms with Crippen LogP contribution in [0.4, 0.5) is 5.69 Å². The van der Waals surface area contributed by atoms with E-state index in [1.54, 1.807) is 12.3 Å². The van der Waals surface area contributed by atoms with Gasteiger partial charge in [0.25, 0.3) is 0 Å². The predicted molar refractivity (Wildman–Crippen MR) is 453 cm³/mol. The minimum atomic E-state index is -2.20. The van der Waals surface area contributed by atoms with Crippen molar-refractivity contribution in [3.05, 3.63) is 249 Å². The Balaban J connectivity index is 0.0000000996. The van der Waals surface area contributed by atoms with Crippen molar-refractivity contribution in [2.45, 2.75) is 146 Å². The fourth-order valence-corrected chi connectivity index (χ4v) is 20.5. The molecule has 5 aliphatic heterocycles. The van der Waals surface area contributed by atoms with Crippen molar-refractivity contribution in [3.63, 3.8) is 0 Å². The Bertz CT molecular complexity index is 7900. The van der Waals surface area contributed by atoms with Crippen LogP contribution in [0, 0.1) is 55.2 Å². The number of hydrogen-bond acceptors (Lipinski definition) is 6. The van der Waals surface area contributed by atoms with Gasteiger partial charge < -0.3 is 9.80 Å². The molecule has 8 aromatic carbocycles. The first-order chi connectivity index (χ1) is 57.2. The third-order valence-electron chi connectivity index (χ3n) is 25.8. The fraction of sp³-hybridized carbons (Fsp3) is 0.274. The van der Waals surface area contributed by atoms with Crippen LogP contribution in [0.25, 0.3) is 145 Å². The largest absolute Gasteiger partial charge is 0.359 e. The Morgan fingerprint density at radius 1 is 0.393 bits per heavy atom. The topological polar surface area (TPSA) is 107 Å². The van der Waals surface area contributed by atoms with Crippen LogP contribution in [0.1, 0.15) is 136 Å². The number of fused-ring (bicyclic) bond motifs is 28. The summed E-state index contributed by atoms with van der Waals surface area (Å²) in [5.41, 5.74) is 36.4. The number of benzene rings is 8. The van der Waals surface area contributed by atoms with Crippen LogP contribution in [0.15, 0.2) is 188 Å². The SMILES string of the molecule is Cc1c[n+](C)c2c(c1C)C(C)(C)n1c3c-2c(C)ccc3n2c3ccccc3nc12.[2H]C([2H])([2H])N1C=C2N(c3c(C)ccc4c3n(c3nc5ccccc5n43)C2(C)C)[C@H]1C.[2H]C([2H])([2H])c1cc2c([n+](C)c1)-c1c(C)ccc3c1n(c1nc4ccccc4n31)C2(C)C.[2H]C([2H])([2H])c1ccc2c([n+]1C)-c1c(C)ccc3c1n(c1nc4ccccc4n31)C2(C)C. The van der Waals surface area contributed by atoms with Crippen molar-refractivity contribution in [2.24, 2.45) is 21.1 Å². The Kier molecular flexibility index (Phi) is 11.7. The molecule has 1 atom stereocenters. The molecule has 0 fully saturated rings. The zero-order valence-electron chi connectivity index (χ0n) is 75.5. The first-order valence-electron chi connectivity index (χ1n) is 43.2. The smallest absolute Gasteiger partial charge is 0.220 e. The molecule has 0 amide bonds. The first-order valence-corrected chi connectivity index (χ1v) is 38.7. The molecular weight excluding hydrogens is 1380 g/mol. The number of hydrogen-bond donors (Lipinski definition) is 0. The summed E-state index contributed by atoms with van der Waals surface area (Å²) in [6, 6.07) is 56.0. The van der Waals surface area contributed by atoms with E-state index in [2.05, 4.69) is 247 Å². The molecule has 16 heterocycles. The summed E-state index contributed by atoms with van der Waals surface area (Å²) in [6.45, 7) is 26.1. The van der Waals surface area contributed by atoms with Gasteiger partial charge in [-0.3, -0.25) is 35.9 Å². The lowest BCUT2D eigenvalue weighted by Crippen LogP contribution is -2.45. The number of aryl methyl sites for hydroxylation is 9. The normalized spacial score (nSPS) is 17.8. The summed E-state index contributed by atoms with van der Waals surface area (Å²) in [7, 11) is 5.99. The number of aromatic nitrogens is 15. The number of nitrogens with zero attached hydrogens (tertiary/aromatic N) is 17. The molecule has 0 unspecified atom stereocenters. The number of anilines is 1. The van der Waals surface area contributed by atoms with Crippen LogP contribution < -0.4 is 18.6 Å². The molecule has 0 N–H and O–H groups in total. The van der Waals surface area contributed by atoms with Crippen molar-refractivity contribution in [2.75, 3.05) is 11.9 Å². The molecule has 17 heteroatoms. The van der Waals surface area contributed by atoms with E-state index in [1.807, 2.05) is 103 Å². The van der Waals surface area contributed by atoms with Crippen molar-refractivity contribution in [1.29, 1.82) is 0 Å². The summed E-state index contributed by atoms with van der Waals surface area (Å²) >= 11 is 0. The molecule has 0 radical (unpaired) electrons. The van der Waals surface area contributed by atoms with Gasteiger partial charge >= 0.3 is 0 Å². The summed E-state index contributed by atoms with van der Waals surface area (Å²) in [5, 5.41) is 0. The molecule has 0 saturated carbocycles. The summed E-state index contributed by atoms with van der Waals surface area (Å²) in [6.07, 6.45) is 5.53. The van der Waals surface area contributed by atoms with Crippen molar-refractivity contribution >= 4 is 117 Å².